The first-order valence-corrected chi connectivity index (χ1v) is 13.7. The van der Waals surface area contributed by atoms with Gasteiger partial charge < -0.3 is 15.4 Å². The molecule has 3 aromatic rings. The number of thiazole rings is 1. The van der Waals surface area contributed by atoms with Crippen LogP contribution in [0.25, 0.3) is 10.4 Å². The van der Waals surface area contributed by atoms with Gasteiger partial charge in [0.1, 0.15) is 6.61 Å². The molecule has 1 aliphatic rings. The van der Waals surface area contributed by atoms with Crippen LogP contribution in [0.2, 0.25) is 0 Å². The number of hydrogen-bond acceptors (Lipinski definition) is 6. The summed E-state index contributed by atoms with van der Waals surface area (Å²) in [5, 5.41) is 1.21. The first-order chi connectivity index (χ1) is 17.2. The zero-order chi connectivity index (χ0) is 25.7. The number of ether oxygens (including phenoxy) is 1. The van der Waals surface area contributed by atoms with E-state index in [0.29, 0.717) is 30.0 Å². The average Bonchev–Trinajstić information content (AvgIpc) is 3.33. The molecule has 0 aliphatic carbocycles. The zero-order valence-electron chi connectivity index (χ0n) is 22.2. The number of nitrogens with zero attached hydrogens (tertiary/aromatic N) is 3. The number of benzene rings is 1. The standard InChI is InChI=1S/C30H38N4OS/c1-21(2)17-30(3,4)12-9-22-7-6-8-23(15-22)20-35-26-16-25(18-32-28(26)31)27-19-33-29(36-27)24-10-13-34(5)14-11-24/h6-8,15-16,18-19,21,24H,10-11,13-14,17,20H2,1-5H3,(H2,31,32). The lowest BCUT2D eigenvalue weighted by Gasteiger charge is -2.27. The quantitative estimate of drug-likeness (QED) is 0.369. The molecule has 0 spiro atoms. The van der Waals surface area contributed by atoms with Gasteiger partial charge in [-0.1, -0.05) is 37.8 Å². The maximum absolute atomic E-state index is 6.16. The number of pyridine rings is 1. The van der Waals surface area contributed by atoms with Crippen LogP contribution in [0.3, 0.4) is 0 Å². The van der Waals surface area contributed by atoms with E-state index in [0.717, 1.165) is 53.9 Å². The molecule has 1 saturated heterocycles. The SMILES string of the molecule is CC(C)CC(C)(C)C#Cc1cccc(COc2cc(-c3cnc(C4CCN(C)CC4)s3)cnc2N)c1. The number of rotatable bonds is 7. The Balaban J connectivity index is 1.43. The van der Waals surface area contributed by atoms with Crippen molar-refractivity contribution in [3.05, 3.63) is 58.9 Å². The molecule has 1 fully saturated rings. The second-order valence-electron chi connectivity index (χ2n) is 11.0. The Labute approximate surface area is 220 Å². The number of nitrogen functional groups attached to an aromatic ring is 1. The Hall–Kier alpha value is -2.88. The van der Waals surface area contributed by atoms with E-state index in [1.54, 1.807) is 11.3 Å². The average molecular weight is 503 g/mol. The number of piperidine rings is 1. The molecule has 0 saturated carbocycles. The third kappa shape index (κ3) is 7.09. The normalized spacial score (nSPS) is 15.1. The van der Waals surface area contributed by atoms with Crippen LogP contribution in [0.15, 0.2) is 42.7 Å². The third-order valence-corrected chi connectivity index (χ3v) is 7.75. The predicted octanol–water partition coefficient (Wildman–Crippen LogP) is 6.60. The second kappa shape index (κ2) is 11.5. The summed E-state index contributed by atoms with van der Waals surface area (Å²) in [6, 6.07) is 10.2. The van der Waals surface area contributed by atoms with Crippen molar-refractivity contribution in [3.8, 4) is 28.0 Å². The Kier molecular flexibility index (Phi) is 8.33. The highest BCUT2D eigenvalue weighted by atomic mass is 32.1. The van der Waals surface area contributed by atoms with Gasteiger partial charge in [-0.2, -0.15) is 0 Å². The molecule has 3 heterocycles. The van der Waals surface area contributed by atoms with Gasteiger partial charge in [-0.15, -0.1) is 11.3 Å². The zero-order valence-corrected chi connectivity index (χ0v) is 23.0. The van der Waals surface area contributed by atoms with Crippen LogP contribution >= 0.6 is 11.3 Å². The van der Waals surface area contributed by atoms with Crippen LogP contribution in [0, 0.1) is 23.2 Å². The highest BCUT2D eigenvalue weighted by Gasteiger charge is 2.22. The Morgan fingerprint density at radius 3 is 2.69 bits per heavy atom. The lowest BCUT2D eigenvalue weighted by molar-refractivity contribution is 0.255. The van der Waals surface area contributed by atoms with Gasteiger partial charge in [-0.25, -0.2) is 9.97 Å². The molecule has 5 nitrogen and oxygen atoms in total. The van der Waals surface area contributed by atoms with Gasteiger partial charge in [0.05, 0.1) is 9.88 Å². The van der Waals surface area contributed by atoms with Gasteiger partial charge >= 0.3 is 0 Å². The monoisotopic (exact) mass is 502 g/mol. The Morgan fingerprint density at radius 1 is 1.17 bits per heavy atom. The number of nitrogens with two attached hydrogens (primary N) is 1. The third-order valence-electron chi connectivity index (χ3n) is 6.54. The number of hydrogen-bond donors (Lipinski definition) is 1. The van der Waals surface area contributed by atoms with Crippen molar-refractivity contribution >= 4 is 17.2 Å². The molecule has 0 bridgehead atoms. The Bertz CT molecular complexity index is 1230. The van der Waals surface area contributed by atoms with Crippen molar-refractivity contribution < 1.29 is 4.74 Å². The van der Waals surface area contributed by atoms with Crippen molar-refractivity contribution in [1.29, 1.82) is 0 Å². The Morgan fingerprint density at radius 2 is 1.94 bits per heavy atom. The molecule has 190 valence electrons. The lowest BCUT2D eigenvalue weighted by atomic mass is 9.84. The molecule has 2 aromatic heterocycles. The van der Waals surface area contributed by atoms with E-state index in [9.17, 15) is 0 Å². The molecule has 6 heteroatoms. The van der Waals surface area contributed by atoms with Gasteiger partial charge in [0, 0.05) is 34.9 Å². The first-order valence-electron chi connectivity index (χ1n) is 12.8. The fourth-order valence-corrected chi connectivity index (χ4v) is 5.85. The minimum Gasteiger partial charge on any atom is -0.485 e. The molecule has 1 aromatic carbocycles. The minimum atomic E-state index is -0.00885. The smallest absolute Gasteiger partial charge is 0.166 e. The molecular weight excluding hydrogens is 464 g/mol. The predicted molar refractivity (Wildman–Crippen MR) is 150 cm³/mol. The number of likely N-dealkylation sites (tertiary alicyclic amines) is 1. The second-order valence-corrected chi connectivity index (χ2v) is 12.0. The fourth-order valence-electron chi connectivity index (χ4n) is 4.78. The van der Waals surface area contributed by atoms with Gasteiger partial charge in [0.15, 0.2) is 11.6 Å². The number of anilines is 1. The molecule has 2 N–H and O–H groups in total. The maximum atomic E-state index is 6.16. The molecule has 4 rings (SSSR count). The van der Waals surface area contributed by atoms with E-state index in [1.165, 1.54) is 5.01 Å². The highest BCUT2D eigenvalue weighted by molar-refractivity contribution is 7.15. The van der Waals surface area contributed by atoms with Gasteiger partial charge in [-0.05, 0) is 82.9 Å². The molecule has 36 heavy (non-hydrogen) atoms. The molecule has 1 aliphatic heterocycles. The van der Waals surface area contributed by atoms with Crippen LogP contribution in [-0.4, -0.2) is 35.0 Å². The van der Waals surface area contributed by atoms with E-state index in [-0.39, 0.29) is 5.41 Å². The van der Waals surface area contributed by atoms with E-state index in [2.05, 4.69) is 68.6 Å². The van der Waals surface area contributed by atoms with Crippen molar-refractivity contribution in [1.82, 2.24) is 14.9 Å². The first kappa shape index (κ1) is 26.2. The summed E-state index contributed by atoms with van der Waals surface area (Å²) >= 11 is 1.75. The molecular formula is C30H38N4OS. The molecule has 0 atom stereocenters. The summed E-state index contributed by atoms with van der Waals surface area (Å²) in [4.78, 5) is 12.6. The minimum absolute atomic E-state index is 0.00885. The van der Waals surface area contributed by atoms with Crippen LogP contribution < -0.4 is 10.5 Å². The topological polar surface area (TPSA) is 64.3 Å². The van der Waals surface area contributed by atoms with Crippen LogP contribution in [-0.2, 0) is 6.61 Å². The van der Waals surface area contributed by atoms with E-state index >= 15 is 0 Å². The summed E-state index contributed by atoms with van der Waals surface area (Å²) in [6.07, 6.45) is 7.17. The van der Waals surface area contributed by atoms with Crippen molar-refractivity contribution in [2.24, 2.45) is 11.3 Å². The van der Waals surface area contributed by atoms with E-state index in [4.69, 9.17) is 15.5 Å². The fraction of sp³-hybridized carbons (Fsp3) is 0.467. The molecule has 0 unspecified atom stereocenters. The van der Waals surface area contributed by atoms with Gasteiger partial charge in [0.25, 0.3) is 0 Å². The summed E-state index contributed by atoms with van der Waals surface area (Å²) < 4.78 is 6.12. The van der Waals surface area contributed by atoms with Gasteiger partial charge in [0.2, 0.25) is 0 Å². The number of aromatic nitrogens is 2. The molecule has 0 radical (unpaired) electrons. The van der Waals surface area contributed by atoms with Crippen molar-refractivity contribution in [2.45, 2.75) is 59.5 Å². The molecule has 0 amide bonds. The van der Waals surface area contributed by atoms with Gasteiger partial charge in [-0.3, -0.25) is 0 Å². The summed E-state index contributed by atoms with van der Waals surface area (Å²) in [5.74, 6) is 8.95. The van der Waals surface area contributed by atoms with Crippen molar-refractivity contribution in [2.75, 3.05) is 25.9 Å². The van der Waals surface area contributed by atoms with E-state index < -0.39 is 0 Å². The van der Waals surface area contributed by atoms with Crippen LogP contribution in [0.5, 0.6) is 5.75 Å². The summed E-state index contributed by atoms with van der Waals surface area (Å²) in [7, 11) is 2.18. The van der Waals surface area contributed by atoms with Crippen molar-refractivity contribution in [3.63, 3.8) is 0 Å². The van der Waals surface area contributed by atoms with Crippen LogP contribution in [0.4, 0.5) is 5.82 Å². The lowest BCUT2D eigenvalue weighted by Crippen LogP contribution is -2.29. The summed E-state index contributed by atoms with van der Waals surface area (Å²) in [6.45, 7) is 11.5. The highest BCUT2D eigenvalue weighted by Crippen LogP contribution is 2.36. The van der Waals surface area contributed by atoms with E-state index in [1.807, 2.05) is 30.6 Å². The summed E-state index contributed by atoms with van der Waals surface area (Å²) in [5.41, 5.74) is 9.19. The van der Waals surface area contributed by atoms with Crippen LogP contribution in [0.1, 0.15) is 69.0 Å². The maximum Gasteiger partial charge on any atom is 0.166 e. The largest absolute Gasteiger partial charge is 0.485 e.